The molecule has 0 radical (unpaired) electrons. The van der Waals surface area contributed by atoms with Crippen molar-refractivity contribution < 1.29 is 17.6 Å². The van der Waals surface area contributed by atoms with Crippen LogP contribution in [0.1, 0.15) is 37.8 Å². The van der Waals surface area contributed by atoms with Gasteiger partial charge in [0.2, 0.25) is 0 Å². The van der Waals surface area contributed by atoms with Crippen molar-refractivity contribution in [2.75, 3.05) is 6.54 Å². The Kier molecular flexibility index (Phi) is 6.07. The summed E-state index contributed by atoms with van der Waals surface area (Å²) in [5.74, 6) is -0.505. The first kappa shape index (κ1) is 16.2. The Balaban J connectivity index is 2.85. The molecule has 1 nitrogen and oxygen atoms in total. The molecule has 1 aromatic rings. The fourth-order valence-electron chi connectivity index (χ4n) is 1.78. The summed E-state index contributed by atoms with van der Waals surface area (Å²) in [6.45, 7) is 2.45. The predicted octanol–water partition coefficient (Wildman–Crippen LogP) is 4.86. The third-order valence-electron chi connectivity index (χ3n) is 2.69. The van der Waals surface area contributed by atoms with Gasteiger partial charge in [0.1, 0.15) is 5.82 Å². The predicted molar refractivity (Wildman–Crippen MR) is 67.7 cm³/mol. The van der Waals surface area contributed by atoms with Crippen molar-refractivity contribution >= 4 is 11.6 Å². The van der Waals surface area contributed by atoms with Gasteiger partial charge in [0.15, 0.2) is 0 Å². The van der Waals surface area contributed by atoms with Crippen molar-refractivity contribution in [2.24, 2.45) is 0 Å². The molecule has 6 heteroatoms. The van der Waals surface area contributed by atoms with Gasteiger partial charge in [-0.05, 0) is 43.1 Å². The van der Waals surface area contributed by atoms with Crippen LogP contribution in [-0.4, -0.2) is 12.7 Å². The lowest BCUT2D eigenvalue weighted by molar-refractivity contribution is -0.136. The molecular weight excluding hydrogens is 282 g/mol. The Labute approximate surface area is 115 Å². The van der Waals surface area contributed by atoms with E-state index in [1.54, 1.807) is 0 Å². The molecule has 1 rings (SSSR count). The summed E-state index contributed by atoms with van der Waals surface area (Å²) in [6.07, 6.45) is -4.55. The molecule has 0 saturated heterocycles. The lowest BCUT2D eigenvalue weighted by atomic mass is 10.0. The number of halogens is 5. The van der Waals surface area contributed by atoms with Gasteiger partial charge in [0, 0.05) is 17.5 Å². The summed E-state index contributed by atoms with van der Waals surface area (Å²) in [7, 11) is 0. The number of hydrogen-bond donors (Lipinski definition) is 1. The first-order valence-electron chi connectivity index (χ1n) is 6.08. The highest BCUT2D eigenvalue weighted by atomic mass is 35.5. The van der Waals surface area contributed by atoms with Crippen LogP contribution in [0.3, 0.4) is 0 Å². The van der Waals surface area contributed by atoms with Gasteiger partial charge in [-0.3, -0.25) is 0 Å². The van der Waals surface area contributed by atoms with E-state index in [1.807, 2.05) is 6.92 Å². The minimum absolute atomic E-state index is 0.160. The average molecular weight is 298 g/mol. The van der Waals surface area contributed by atoms with E-state index in [9.17, 15) is 17.6 Å². The Hall–Kier alpha value is -0.810. The summed E-state index contributed by atoms with van der Waals surface area (Å²) >= 11 is 5.93. The molecule has 0 bridgehead atoms. The molecule has 0 aliphatic carbocycles. The Morgan fingerprint density at radius 1 is 1.32 bits per heavy atom. The lowest BCUT2D eigenvalue weighted by Gasteiger charge is -2.21. The highest BCUT2D eigenvalue weighted by molar-refractivity contribution is 6.31. The van der Waals surface area contributed by atoms with Crippen LogP contribution in [0.5, 0.6) is 0 Å². The number of rotatable bonds is 6. The first-order valence-corrected chi connectivity index (χ1v) is 6.46. The third kappa shape index (κ3) is 5.78. The highest BCUT2D eigenvalue weighted by Crippen LogP contribution is 2.31. The molecule has 0 spiro atoms. The molecule has 0 heterocycles. The van der Waals surface area contributed by atoms with E-state index in [1.165, 1.54) is 18.2 Å². The molecule has 0 amide bonds. The average Bonchev–Trinajstić information content (AvgIpc) is 2.32. The largest absolute Gasteiger partial charge is 0.389 e. The minimum Gasteiger partial charge on any atom is -0.310 e. The zero-order chi connectivity index (χ0) is 14.5. The third-order valence-corrected chi connectivity index (χ3v) is 3.03. The van der Waals surface area contributed by atoms with Gasteiger partial charge in [-0.2, -0.15) is 13.2 Å². The van der Waals surface area contributed by atoms with Crippen LogP contribution in [0.15, 0.2) is 18.2 Å². The summed E-state index contributed by atoms with van der Waals surface area (Å²) in [5, 5.41) is 3.25. The maximum absolute atomic E-state index is 13.2. The van der Waals surface area contributed by atoms with Crippen LogP contribution in [-0.2, 0) is 0 Å². The molecule has 1 atom stereocenters. The van der Waals surface area contributed by atoms with Crippen LogP contribution in [0, 0.1) is 5.82 Å². The zero-order valence-electron chi connectivity index (χ0n) is 10.5. The van der Waals surface area contributed by atoms with Crippen molar-refractivity contribution in [1.82, 2.24) is 5.32 Å². The van der Waals surface area contributed by atoms with E-state index in [0.717, 1.165) is 6.42 Å². The second kappa shape index (κ2) is 7.10. The molecule has 0 aliphatic rings. The molecule has 1 aromatic carbocycles. The molecule has 1 N–H and O–H groups in total. The number of hydrogen-bond acceptors (Lipinski definition) is 1. The molecule has 0 fully saturated rings. The van der Waals surface area contributed by atoms with Crippen molar-refractivity contribution in [3.05, 3.63) is 34.6 Å². The topological polar surface area (TPSA) is 12.0 Å². The fraction of sp³-hybridized carbons (Fsp3) is 0.538. The molecule has 1 unspecified atom stereocenters. The van der Waals surface area contributed by atoms with E-state index >= 15 is 0 Å². The maximum Gasteiger partial charge on any atom is 0.389 e. The van der Waals surface area contributed by atoms with Gasteiger partial charge in [-0.15, -0.1) is 0 Å². The van der Waals surface area contributed by atoms with Crippen molar-refractivity contribution in [2.45, 2.75) is 38.4 Å². The van der Waals surface area contributed by atoms with Crippen molar-refractivity contribution in [1.29, 1.82) is 0 Å². The van der Waals surface area contributed by atoms with E-state index in [2.05, 4.69) is 5.32 Å². The van der Waals surface area contributed by atoms with Crippen LogP contribution in [0.25, 0.3) is 0 Å². The molecule has 19 heavy (non-hydrogen) atoms. The Morgan fingerprint density at radius 2 is 2.00 bits per heavy atom. The quantitative estimate of drug-likeness (QED) is 0.739. The summed E-state index contributed by atoms with van der Waals surface area (Å²) in [6, 6.07) is 3.14. The lowest BCUT2D eigenvalue weighted by Crippen LogP contribution is -2.24. The molecule has 0 saturated carbocycles. The first-order chi connectivity index (χ1) is 8.83. The van der Waals surface area contributed by atoms with Crippen LogP contribution in [0.4, 0.5) is 17.6 Å². The molecule has 0 aromatic heterocycles. The fourth-order valence-corrected chi connectivity index (χ4v) is 2.02. The monoisotopic (exact) mass is 297 g/mol. The van der Waals surface area contributed by atoms with E-state index in [4.69, 9.17) is 11.6 Å². The highest BCUT2D eigenvalue weighted by Gasteiger charge is 2.29. The maximum atomic E-state index is 13.2. The van der Waals surface area contributed by atoms with Crippen LogP contribution < -0.4 is 5.32 Å². The number of benzene rings is 1. The van der Waals surface area contributed by atoms with Gasteiger partial charge in [-0.1, -0.05) is 18.5 Å². The second-order valence-electron chi connectivity index (χ2n) is 4.33. The summed E-state index contributed by atoms with van der Waals surface area (Å²) in [4.78, 5) is 0. The van der Waals surface area contributed by atoms with Crippen LogP contribution >= 0.6 is 11.6 Å². The SMILES string of the molecule is CCCNC(CCC(F)(F)F)c1cc(F)ccc1Cl. The van der Waals surface area contributed by atoms with Gasteiger partial charge < -0.3 is 5.32 Å². The molecular formula is C13H16ClF4N. The van der Waals surface area contributed by atoms with Gasteiger partial charge in [-0.25, -0.2) is 4.39 Å². The Morgan fingerprint density at radius 3 is 2.58 bits per heavy atom. The van der Waals surface area contributed by atoms with Gasteiger partial charge in [0.25, 0.3) is 0 Å². The minimum atomic E-state index is -4.23. The van der Waals surface area contributed by atoms with E-state index in [-0.39, 0.29) is 11.4 Å². The summed E-state index contributed by atoms with van der Waals surface area (Å²) in [5.41, 5.74) is 0.374. The van der Waals surface area contributed by atoms with Gasteiger partial charge >= 0.3 is 6.18 Å². The van der Waals surface area contributed by atoms with E-state index < -0.39 is 24.5 Å². The summed E-state index contributed by atoms with van der Waals surface area (Å²) < 4.78 is 50.1. The molecule has 108 valence electrons. The standard InChI is InChI=1S/C13H16ClF4N/c1-2-7-19-12(5-6-13(16,17)18)10-8-9(15)3-4-11(10)14/h3-4,8,12,19H,2,5-7H2,1H3. The number of alkyl halides is 3. The normalized spacial score (nSPS) is 13.6. The van der Waals surface area contributed by atoms with Crippen LogP contribution in [0.2, 0.25) is 5.02 Å². The molecule has 0 aliphatic heterocycles. The van der Waals surface area contributed by atoms with Crippen molar-refractivity contribution in [3.63, 3.8) is 0 Å². The van der Waals surface area contributed by atoms with E-state index in [0.29, 0.717) is 12.1 Å². The zero-order valence-corrected chi connectivity index (χ0v) is 11.3. The number of nitrogens with one attached hydrogen (secondary N) is 1. The van der Waals surface area contributed by atoms with Gasteiger partial charge in [0.05, 0.1) is 0 Å². The smallest absolute Gasteiger partial charge is 0.310 e. The Bertz CT molecular complexity index is 406. The second-order valence-corrected chi connectivity index (χ2v) is 4.73. The van der Waals surface area contributed by atoms with Crippen molar-refractivity contribution in [3.8, 4) is 0 Å².